The highest BCUT2D eigenvalue weighted by atomic mass is 32.1. The van der Waals surface area contributed by atoms with Crippen molar-refractivity contribution >= 4 is 39.4 Å². The van der Waals surface area contributed by atoms with E-state index in [1.54, 1.807) is 18.2 Å². The van der Waals surface area contributed by atoms with Crippen LogP contribution in [-0.2, 0) is 0 Å². The first-order chi connectivity index (χ1) is 15.1. The maximum atomic E-state index is 12.9. The zero-order chi connectivity index (χ0) is 21.4. The number of nitrogen functional groups attached to an aromatic ring is 1. The van der Waals surface area contributed by atoms with E-state index in [0.29, 0.717) is 27.1 Å². The summed E-state index contributed by atoms with van der Waals surface area (Å²) >= 11 is 1.24. The fraction of sp³-hybridized carbons (Fsp3) is 0.273. The summed E-state index contributed by atoms with van der Waals surface area (Å²) in [6.45, 7) is 4.35. The second kappa shape index (κ2) is 8.09. The third-order valence-electron chi connectivity index (χ3n) is 5.48. The van der Waals surface area contributed by atoms with Crippen molar-refractivity contribution in [1.29, 1.82) is 0 Å². The molecule has 0 radical (unpaired) electrons. The molecular weight excluding hydrogens is 414 g/mol. The highest BCUT2D eigenvalue weighted by Gasteiger charge is 2.22. The Morgan fingerprint density at radius 1 is 1.06 bits per heavy atom. The largest absolute Gasteiger partial charge is 0.454 e. The number of hydrogen-bond acceptors (Lipinski definition) is 9. The van der Waals surface area contributed by atoms with E-state index in [2.05, 4.69) is 39.3 Å². The lowest BCUT2D eigenvalue weighted by atomic mass is 10.1. The van der Waals surface area contributed by atoms with Crippen LogP contribution >= 0.6 is 11.3 Å². The first-order valence-corrected chi connectivity index (χ1v) is 10.9. The van der Waals surface area contributed by atoms with Crippen molar-refractivity contribution in [2.24, 2.45) is 0 Å². The van der Waals surface area contributed by atoms with Gasteiger partial charge >= 0.3 is 0 Å². The average molecular weight is 438 g/mol. The van der Waals surface area contributed by atoms with Crippen LogP contribution in [0.2, 0.25) is 0 Å². The molecule has 0 spiro atoms. The second-order valence-corrected chi connectivity index (χ2v) is 8.59. The molecule has 5 rings (SSSR count). The van der Waals surface area contributed by atoms with E-state index in [9.17, 15) is 4.79 Å². The Kier molecular flexibility index (Phi) is 5.13. The Labute approximate surface area is 184 Å². The van der Waals surface area contributed by atoms with E-state index in [1.807, 2.05) is 12.1 Å². The smallest absolute Gasteiger partial charge is 0.231 e. The van der Waals surface area contributed by atoms with Crippen LogP contribution in [0.25, 0.3) is 0 Å². The van der Waals surface area contributed by atoms with Crippen LogP contribution in [0.15, 0.2) is 42.5 Å². The summed E-state index contributed by atoms with van der Waals surface area (Å²) in [7, 11) is 2.15. The fourth-order valence-electron chi connectivity index (χ4n) is 3.66. The number of nitrogens with one attached hydrogen (secondary N) is 1. The van der Waals surface area contributed by atoms with Gasteiger partial charge in [0.15, 0.2) is 16.6 Å². The van der Waals surface area contributed by atoms with Gasteiger partial charge in [-0.15, -0.1) is 0 Å². The summed E-state index contributed by atoms with van der Waals surface area (Å²) in [5, 5.41) is 3.83. The number of nitrogens with zero attached hydrogens (tertiary/aromatic N) is 3. The minimum Gasteiger partial charge on any atom is -0.454 e. The Balaban J connectivity index is 1.29. The van der Waals surface area contributed by atoms with Gasteiger partial charge in [-0.2, -0.15) is 0 Å². The Morgan fingerprint density at radius 2 is 1.81 bits per heavy atom. The quantitative estimate of drug-likeness (QED) is 0.588. The van der Waals surface area contributed by atoms with Gasteiger partial charge in [0.1, 0.15) is 10.7 Å². The Morgan fingerprint density at radius 3 is 2.58 bits per heavy atom. The molecule has 0 amide bonds. The van der Waals surface area contributed by atoms with E-state index < -0.39 is 0 Å². The van der Waals surface area contributed by atoms with Crippen molar-refractivity contribution in [3.05, 3.63) is 52.9 Å². The molecule has 0 aliphatic carbocycles. The van der Waals surface area contributed by atoms with Crippen LogP contribution in [0.3, 0.4) is 0 Å². The molecule has 9 heteroatoms. The molecule has 2 aliphatic heterocycles. The fourth-order valence-corrected chi connectivity index (χ4v) is 4.53. The normalized spacial score (nSPS) is 15.8. The summed E-state index contributed by atoms with van der Waals surface area (Å²) < 4.78 is 10.7. The Bertz CT molecular complexity index is 1110. The van der Waals surface area contributed by atoms with E-state index >= 15 is 0 Å². The molecule has 3 aromatic rings. The van der Waals surface area contributed by atoms with Crippen molar-refractivity contribution in [3.8, 4) is 11.5 Å². The molecule has 3 N–H and O–H groups in total. The molecule has 0 bridgehead atoms. The number of rotatable bonds is 5. The lowest BCUT2D eigenvalue weighted by molar-refractivity contribution is 0.104. The number of carbonyl (C=O) groups is 1. The van der Waals surface area contributed by atoms with Gasteiger partial charge in [0.2, 0.25) is 12.6 Å². The van der Waals surface area contributed by atoms with Gasteiger partial charge in [-0.1, -0.05) is 11.3 Å². The zero-order valence-corrected chi connectivity index (χ0v) is 17.9. The van der Waals surface area contributed by atoms with Gasteiger partial charge in [-0.3, -0.25) is 4.79 Å². The minimum absolute atomic E-state index is 0.164. The third kappa shape index (κ3) is 4.01. The predicted molar refractivity (Wildman–Crippen MR) is 122 cm³/mol. The highest BCUT2D eigenvalue weighted by molar-refractivity contribution is 7.18. The van der Waals surface area contributed by atoms with Crippen molar-refractivity contribution in [1.82, 2.24) is 9.88 Å². The first kappa shape index (κ1) is 19.7. The van der Waals surface area contributed by atoms with Gasteiger partial charge in [0.25, 0.3) is 0 Å². The molecule has 0 unspecified atom stereocenters. The maximum Gasteiger partial charge on any atom is 0.231 e. The van der Waals surface area contributed by atoms with Gasteiger partial charge < -0.3 is 30.3 Å². The SMILES string of the molecule is CN1CCN(c2ccc(Nc3nc(N)c(C(=O)c4ccc5c(c4)OCO5)s3)cc2)CC1. The summed E-state index contributed by atoms with van der Waals surface area (Å²) in [4.78, 5) is 22.4. The molecule has 8 nitrogen and oxygen atoms in total. The number of hydrogen-bond donors (Lipinski definition) is 2. The molecule has 1 aromatic heterocycles. The van der Waals surface area contributed by atoms with Crippen LogP contribution in [-0.4, -0.2) is 55.7 Å². The number of aromatic nitrogens is 1. The highest BCUT2D eigenvalue weighted by Crippen LogP contribution is 2.35. The van der Waals surface area contributed by atoms with E-state index in [-0.39, 0.29) is 18.4 Å². The van der Waals surface area contributed by atoms with Gasteiger partial charge in [0.05, 0.1) is 0 Å². The van der Waals surface area contributed by atoms with Crippen molar-refractivity contribution in [2.75, 3.05) is 56.0 Å². The van der Waals surface area contributed by atoms with Gasteiger partial charge in [0, 0.05) is 43.1 Å². The van der Waals surface area contributed by atoms with Crippen LogP contribution in [0.4, 0.5) is 22.3 Å². The van der Waals surface area contributed by atoms with Gasteiger partial charge in [-0.05, 0) is 49.5 Å². The van der Waals surface area contributed by atoms with Crippen LogP contribution < -0.4 is 25.4 Å². The number of carbonyl (C=O) groups excluding carboxylic acids is 1. The summed E-state index contributed by atoms with van der Waals surface area (Å²) in [6, 6.07) is 13.4. The molecular formula is C22H23N5O3S. The lowest BCUT2D eigenvalue weighted by Crippen LogP contribution is -2.44. The van der Waals surface area contributed by atoms with Crippen molar-refractivity contribution < 1.29 is 14.3 Å². The maximum absolute atomic E-state index is 12.9. The monoisotopic (exact) mass is 437 g/mol. The van der Waals surface area contributed by atoms with Crippen molar-refractivity contribution in [3.63, 3.8) is 0 Å². The molecule has 2 aromatic carbocycles. The lowest BCUT2D eigenvalue weighted by Gasteiger charge is -2.34. The van der Waals surface area contributed by atoms with E-state index in [1.165, 1.54) is 17.0 Å². The molecule has 2 aliphatic rings. The number of thiazole rings is 1. The zero-order valence-electron chi connectivity index (χ0n) is 17.1. The minimum atomic E-state index is -0.188. The number of piperazine rings is 1. The third-order valence-corrected chi connectivity index (χ3v) is 6.47. The molecule has 1 saturated heterocycles. The van der Waals surface area contributed by atoms with Crippen molar-refractivity contribution in [2.45, 2.75) is 0 Å². The predicted octanol–water partition coefficient (Wildman–Crippen LogP) is 3.18. The molecule has 1 fully saturated rings. The number of benzene rings is 2. The van der Waals surface area contributed by atoms with Crippen LogP contribution in [0.5, 0.6) is 11.5 Å². The molecule has 160 valence electrons. The van der Waals surface area contributed by atoms with E-state index in [4.69, 9.17) is 15.2 Å². The first-order valence-electron chi connectivity index (χ1n) is 10.1. The number of anilines is 4. The number of ketones is 1. The average Bonchev–Trinajstić information content (AvgIpc) is 3.40. The number of fused-ring (bicyclic) bond motifs is 1. The molecule has 3 heterocycles. The second-order valence-electron chi connectivity index (χ2n) is 7.59. The Hall–Kier alpha value is -3.30. The van der Waals surface area contributed by atoms with Gasteiger partial charge in [-0.25, -0.2) is 4.98 Å². The molecule has 0 atom stereocenters. The number of likely N-dealkylation sites (N-methyl/N-ethyl adjacent to an activating group) is 1. The summed E-state index contributed by atoms with van der Waals surface area (Å²) in [6.07, 6.45) is 0. The summed E-state index contributed by atoms with van der Waals surface area (Å²) in [5.41, 5.74) is 8.64. The van der Waals surface area contributed by atoms with Crippen LogP contribution in [0, 0.1) is 0 Å². The molecule has 0 saturated carbocycles. The molecule has 31 heavy (non-hydrogen) atoms. The standard InChI is InChI=1S/C22H23N5O3S/c1-26-8-10-27(11-9-26)16-5-3-15(4-6-16)24-22-25-21(23)20(31-22)19(28)14-2-7-17-18(12-14)30-13-29-17/h2-7,12H,8-11,13,23H2,1H3,(H,24,25). The van der Waals surface area contributed by atoms with Crippen LogP contribution in [0.1, 0.15) is 15.2 Å². The topological polar surface area (TPSA) is 93.0 Å². The summed E-state index contributed by atoms with van der Waals surface area (Å²) in [5.74, 6) is 1.22. The van der Waals surface area contributed by atoms with E-state index in [0.717, 1.165) is 31.9 Å². The number of nitrogens with two attached hydrogens (primary N) is 1. The number of ether oxygens (including phenoxy) is 2.